The van der Waals surface area contributed by atoms with Gasteiger partial charge >= 0.3 is 0 Å². The molecule has 124 valence electrons. The Labute approximate surface area is 140 Å². The van der Waals surface area contributed by atoms with Gasteiger partial charge in [-0.15, -0.1) is 0 Å². The maximum absolute atomic E-state index is 12.5. The molecule has 0 aliphatic carbocycles. The second kappa shape index (κ2) is 7.68. The van der Waals surface area contributed by atoms with Gasteiger partial charge in [-0.3, -0.25) is 4.79 Å². The summed E-state index contributed by atoms with van der Waals surface area (Å²) in [7, 11) is 0. The largest absolute Gasteiger partial charge is 0.493 e. The van der Waals surface area contributed by atoms with Crippen LogP contribution in [0.1, 0.15) is 26.2 Å². The number of benzene rings is 2. The first-order chi connectivity index (χ1) is 11.8. The van der Waals surface area contributed by atoms with Gasteiger partial charge in [-0.25, -0.2) is 0 Å². The Hall–Kier alpha value is -2.75. The molecule has 3 aromatic rings. The van der Waals surface area contributed by atoms with E-state index >= 15 is 0 Å². The quantitative estimate of drug-likeness (QED) is 0.564. The maximum atomic E-state index is 12.5. The third-order valence-corrected chi connectivity index (χ3v) is 3.70. The molecule has 0 saturated carbocycles. The molecule has 1 aromatic heterocycles. The normalized spacial score (nSPS) is 10.7. The van der Waals surface area contributed by atoms with Crippen LogP contribution in [0, 0.1) is 0 Å². The molecule has 0 unspecified atom stereocenters. The Morgan fingerprint density at radius 3 is 2.62 bits per heavy atom. The zero-order chi connectivity index (χ0) is 16.8. The van der Waals surface area contributed by atoms with Crippen LogP contribution in [-0.2, 0) is 0 Å². The van der Waals surface area contributed by atoms with E-state index in [4.69, 9.17) is 13.9 Å². The molecular formula is C20H20O4. The summed E-state index contributed by atoms with van der Waals surface area (Å²) < 4.78 is 16.8. The van der Waals surface area contributed by atoms with E-state index in [1.165, 1.54) is 6.26 Å². The summed E-state index contributed by atoms with van der Waals surface area (Å²) in [5.41, 5.74) is 0.297. The molecule has 24 heavy (non-hydrogen) atoms. The monoisotopic (exact) mass is 324 g/mol. The first-order valence-corrected chi connectivity index (χ1v) is 8.19. The highest BCUT2D eigenvalue weighted by molar-refractivity contribution is 5.79. The van der Waals surface area contributed by atoms with Gasteiger partial charge in [0.2, 0.25) is 11.2 Å². The molecule has 1 heterocycles. The predicted molar refractivity (Wildman–Crippen MR) is 94.0 cm³/mol. The van der Waals surface area contributed by atoms with Crippen molar-refractivity contribution in [3.63, 3.8) is 0 Å². The third kappa shape index (κ3) is 3.77. The van der Waals surface area contributed by atoms with Gasteiger partial charge in [0.25, 0.3) is 0 Å². The van der Waals surface area contributed by atoms with Gasteiger partial charge in [0, 0.05) is 6.07 Å². The number of rotatable bonds is 7. The number of hydrogen-bond donors (Lipinski definition) is 0. The standard InChI is InChI=1S/C20H20O4/c1-2-3-7-12-22-16-10-11-17-18(13-16)23-14-19(20(17)21)24-15-8-5-4-6-9-15/h4-6,8-11,13-14H,2-3,7,12H2,1H3. The fourth-order valence-electron chi connectivity index (χ4n) is 2.41. The molecule has 0 aliphatic rings. The van der Waals surface area contributed by atoms with Crippen LogP contribution in [0.4, 0.5) is 0 Å². The molecule has 4 heteroatoms. The van der Waals surface area contributed by atoms with Crippen LogP contribution >= 0.6 is 0 Å². The van der Waals surface area contributed by atoms with Gasteiger partial charge in [-0.05, 0) is 30.7 Å². The molecule has 0 bridgehead atoms. The van der Waals surface area contributed by atoms with Crippen LogP contribution in [0.3, 0.4) is 0 Å². The predicted octanol–water partition coefficient (Wildman–Crippen LogP) is 5.15. The number of unbranched alkanes of at least 4 members (excludes halogenated alkanes) is 2. The minimum absolute atomic E-state index is 0.172. The smallest absolute Gasteiger partial charge is 0.235 e. The van der Waals surface area contributed by atoms with E-state index in [0.29, 0.717) is 29.1 Å². The Morgan fingerprint density at radius 1 is 1.00 bits per heavy atom. The molecular weight excluding hydrogens is 304 g/mol. The number of hydrogen-bond acceptors (Lipinski definition) is 4. The van der Waals surface area contributed by atoms with Gasteiger partial charge in [0.1, 0.15) is 23.3 Å². The van der Waals surface area contributed by atoms with Crippen molar-refractivity contribution in [3.05, 3.63) is 65.0 Å². The summed E-state index contributed by atoms with van der Waals surface area (Å²) >= 11 is 0. The average Bonchev–Trinajstić information content (AvgIpc) is 2.62. The minimum Gasteiger partial charge on any atom is -0.493 e. The highest BCUT2D eigenvalue weighted by Gasteiger charge is 2.10. The van der Waals surface area contributed by atoms with Crippen LogP contribution in [0.15, 0.2) is 64.0 Å². The molecule has 4 nitrogen and oxygen atoms in total. The molecule has 0 radical (unpaired) electrons. The van der Waals surface area contributed by atoms with E-state index in [1.54, 1.807) is 30.3 Å². The third-order valence-electron chi connectivity index (χ3n) is 3.70. The van der Waals surface area contributed by atoms with Crippen LogP contribution in [0.25, 0.3) is 11.0 Å². The number of para-hydroxylation sites is 1. The molecule has 0 amide bonds. The summed E-state index contributed by atoms with van der Waals surface area (Å²) in [6.45, 7) is 2.82. The zero-order valence-corrected chi connectivity index (χ0v) is 13.7. The molecule has 2 aromatic carbocycles. The minimum atomic E-state index is -0.197. The lowest BCUT2D eigenvalue weighted by Gasteiger charge is -2.08. The highest BCUT2D eigenvalue weighted by atomic mass is 16.5. The Balaban J connectivity index is 1.80. The van der Waals surface area contributed by atoms with Crippen molar-refractivity contribution in [1.29, 1.82) is 0 Å². The van der Waals surface area contributed by atoms with E-state index in [0.717, 1.165) is 19.3 Å². The number of ether oxygens (including phenoxy) is 2. The van der Waals surface area contributed by atoms with Crippen molar-refractivity contribution in [2.75, 3.05) is 6.61 Å². The fraction of sp³-hybridized carbons (Fsp3) is 0.250. The van der Waals surface area contributed by atoms with E-state index < -0.39 is 0 Å². The van der Waals surface area contributed by atoms with E-state index in [2.05, 4.69) is 6.92 Å². The van der Waals surface area contributed by atoms with Gasteiger partial charge in [-0.1, -0.05) is 38.0 Å². The van der Waals surface area contributed by atoms with Crippen molar-refractivity contribution in [2.24, 2.45) is 0 Å². The summed E-state index contributed by atoms with van der Waals surface area (Å²) in [4.78, 5) is 12.5. The van der Waals surface area contributed by atoms with Gasteiger partial charge in [-0.2, -0.15) is 0 Å². The van der Waals surface area contributed by atoms with Gasteiger partial charge in [0.15, 0.2) is 0 Å². The molecule has 0 saturated heterocycles. The molecule has 0 spiro atoms. The van der Waals surface area contributed by atoms with Crippen molar-refractivity contribution >= 4 is 11.0 Å². The van der Waals surface area contributed by atoms with Crippen molar-refractivity contribution in [1.82, 2.24) is 0 Å². The lowest BCUT2D eigenvalue weighted by atomic mass is 10.2. The topological polar surface area (TPSA) is 48.7 Å². The van der Waals surface area contributed by atoms with Crippen LogP contribution < -0.4 is 14.9 Å². The van der Waals surface area contributed by atoms with Gasteiger partial charge < -0.3 is 13.9 Å². The maximum Gasteiger partial charge on any atom is 0.235 e. The summed E-state index contributed by atoms with van der Waals surface area (Å²) in [5, 5.41) is 0.476. The molecule has 3 rings (SSSR count). The summed E-state index contributed by atoms with van der Waals surface area (Å²) in [6.07, 6.45) is 4.66. The molecule has 0 N–H and O–H groups in total. The summed E-state index contributed by atoms with van der Waals surface area (Å²) in [6, 6.07) is 14.4. The van der Waals surface area contributed by atoms with Crippen LogP contribution in [0.2, 0.25) is 0 Å². The second-order valence-electron chi connectivity index (χ2n) is 5.56. The van der Waals surface area contributed by atoms with Gasteiger partial charge in [0.05, 0.1) is 12.0 Å². The lowest BCUT2D eigenvalue weighted by molar-refractivity contribution is 0.306. The zero-order valence-electron chi connectivity index (χ0n) is 13.7. The van der Waals surface area contributed by atoms with Crippen molar-refractivity contribution in [3.8, 4) is 17.2 Å². The summed E-state index contributed by atoms with van der Waals surface area (Å²) in [5.74, 6) is 1.48. The second-order valence-corrected chi connectivity index (χ2v) is 5.56. The van der Waals surface area contributed by atoms with E-state index in [1.807, 2.05) is 18.2 Å². The first-order valence-electron chi connectivity index (χ1n) is 8.19. The van der Waals surface area contributed by atoms with Crippen LogP contribution in [0.5, 0.6) is 17.2 Å². The molecule has 0 fully saturated rings. The van der Waals surface area contributed by atoms with E-state index in [9.17, 15) is 4.79 Å². The Kier molecular flexibility index (Phi) is 5.16. The Morgan fingerprint density at radius 2 is 1.83 bits per heavy atom. The van der Waals surface area contributed by atoms with Crippen molar-refractivity contribution in [2.45, 2.75) is 26.2 Å². The molecule has 0 atom stereocenters. The SMILES string of the molecule is CCCCCOc1ccc2c(=O)c(Oc3ccccc3)coc2c1. The van der Waals surface area contributed by atoms with E-state index in [-0.39, 0.29) is 11.2 Å². The average molecular weight is 324 g/mol. The highest BCUT2D eigenvalue weighted by Crippen LogP contribution is 2.24. The van der Waals surface area contributed by atoms with Crippen LogP contribution in [-0.4, -0.2) is 6.61 Å². The first kappa shape index (κ1) is 16.1. The lowest BCUT2D eigenvalue weighted by Crippen LogP contribution is -2.05. The fourth-order valence-corrected chi connectivity index (χ4v) is 2.41. The number of fused-ring (bicyclic) bond motifs is 1. The molecule has 0 aliphatic heterocycles. The van der Waals surface area contributed by atoms with Crippen molar-refractivity contribution < 1.29 is 13.9 Å². The Bertz CT molecular complexity index is 852.